The van der Waals surface area contributed by atoms with Crippen molar-refractivity contribution < 1.29 is 31.5 Å². The van der Waals surface area contributed by atoms with Gasteiger partial charge in [-0.25, -0.2) is 0 Å². The van der Waals surface area contributed by atoms with Gasteiger partial charge in [-0.05, 0) is 6.92 Å². The van der Waals surface area contributed by atoms with Crippen LogP contribution in [0.4, 0.5) is 22.0 Å². The second-order valence-electron chi connectivity index (χ2n) is 3.49. The molecule has 0 radical (unpaired) electrons. The first-order chi connectivity index (χ1) is 7.18. The molecule has 0 N–H and O–H groups in total. The Morgan fingerprint density at radius 1 is 1.31 bits per heavy atom. The van der Waals surface area contributed by atoms with E-state index in [-0.39, 0.29) is 19.8 Å². The van der Waals surface area contributed by atoms with Gasteiger partial charge in [-0.2, -0.15) is 22.0 Å². The molecule has 3 nitrogen and oxygen atoms in total. The highest BCUT2D eigenvalue weighted by Crippen LogP contribution is 2.37. The molecule has 1 unspecified atom stereocenters. The van der Waals surface area contributed by atoms with Gasteiger partial charge in [0.2, 0.25) is 0 Å². The fourth-order valence-electron chi connectivity index (χ4n) is 1.33. The van der Waals surface area contributed by atoms with Gasteiger partial charge in [0.15, 0.2) is 0 Å². The molecule has 0 bridgehead atoms. The third-order valence-corrected chi connectivity index (χ3v) is 2.25. The van der Waals surface area contributed by atoms with E-state index in [1.54, 1.807) is 0 Å². The largest absolute Gasteiger partial charge is 0.463 e. The van der Waals surface area contributed by atoms with Crippen molar-refractivity contribution in [2.24, 2.45) is 0 Å². The summed E-state index contributed by atoms with van der Waals surface area (Å²) in [6, 6.07) is -0.783. The summed E-state index contributed by atoms with van der Waals surface area (Å²) >= 11 is 0. The predicted molar refractivity (Wildman–Crippen MR) is 43.0 cm³/mol. The molecule has 94 valence electrons. The quantitative estimate of drug-likeness (QED) is 0.656. The predicted octanol–water partition coefficient (Wildman–Crippen LogP) is 1.43. The average Bonchev–Trinajstić information content (AvgIpc) is 2.15. The van der Waals surface area contributed by atoms with Crippen molar-refractivity contribution in [3.63, 3.8) is 0 Å². The fourth-order valence-corrected chi connectivity index (χ4v) is 1.33. The third kappa shape index (κ3) is 2.26. The number of hydrogen-bond acceptors (Lipinski definition) is 2. The number of alkyl halides is 5. The Morgan fingerprint density at radius 3 is 2.31 bits per heavy atom. The lowest BCUT2D eigenvalue weighted by atomic mass is 10.2. The molecule has 1 aliphatic heterocycles. The molecule has 1 rings (SSSR count). The van der Waals surface area contributed by atoms with Crippen molar-refractivity contribution in [3.8, 4) is 0 Å². The number of carbonyl (C=O) groups excluding carboxylic acids is 1. The molecule has 1 saturated heterocycles. The van der Waals surface area contributed by atoms with Crippen molar-refractivity contribution in [1.29, 1.82) is 0 Å². The van der Waals surface area contributed by atoms with Gasteiger partial charge in [0.05, 0.1) is 19.3 Å². The van der Waals surface area contributed by atoms with Crippen molar-refractivity contribution in [2.45, 2.75) is 25.1 Å². The van der Waals surface area contributed by atoms with Crippen LogP contribution in [0.5, 0.6) is 0 Å². The van der Waals surface area contributed by atoms with E-state index in [0.29, 0.717) is 4.90 Å². The van der Waals surface area contributed by atoms with Crippen molar-refractivity contribution in [1.82, 2.24) is 4.90 Å². The van der Waals surface area contributed by atoms with E-state index in [2.05, 4.69) is 0 Å². The van der Waals surface area contributed by atoms with Gasteiger partial charge < -0.3 is 9.64 Å². The van der Waals surface area contributed by atoms with Crippen LogP contribution in [0.1, 0.15) is 6.92 Å². The van der Waals surface area contributed by atoms with Crippen LogP contribution in [0.25, 0.3) is 0 Å². The Labute approximate surface area is 88.2 Å². The first-order valence-corrected chi connectivity index (χ1v) is 4.51. The monoisotopic (exact) mass is 247 g/mol. The molecule has 0 aromatic heterocycles. The maximum absolute atomic E-state index is 12.7. The van der Waals surface area contributed by atoms with Crippen LogP contribution in [0, 0.1) is 0 Å². The lowest BCUT2D eigenvalue weighted by Crippen LogP contribution is -2.57. The zero-order valence-electron chi connectivity index (χ0n) is 8.35. The minimum atomic E-state index is -5.86. The Hall–Kier alpha value is -0.920. The molecule has 1 atom stereocenters. The van der Waals surface area contributed by atoms with Gasteiger partial charge in [-0.1, -0.05) is 0 Å². The first kappa shape index (κ1) is 13.1. The fraction of sp³-hybridized carbons (Fsp3) is 0.875. The molecule has 1 amide bonds. The summed E-state index contributed by atoms with van der Waals surface area (Å²) < 4.78 is 66.1. The van der Waals surface area contributed by atoms with Crippen LogP contribution in [0.3, 0.4) is 0 Å². The van der Waals surface area contributed by atoms with E-state index in [4.69, 9.17) is 4.74 Å². The summed E-state index contributed by atoms with van der Waals surface area (Å²) in [5.41, 5.74) is 0. The topological polar surface area (TPSA) is 29.5 Å². The molecule has 0 aliphatic carbocycles. The van der Waals surface area contributed by atoms with Crippen molar-refractivity contribution >= 4 is 5.91 Å². The Bertz CT molecular complexity index is 278. The van der Waals surface area contributed by atoms with E-state index in [1.807, 2.05) is 0 Å². The van der Waals surface area contributed by atoms with E-state index in [1.165, 1.54) is 6.92 Å². The van der Waals surface area contributed by atoms with Gasteiger partial charge in [0, 0.05) is 6.54 Å². The highest BCUT2D eigenvalue weighted by atomic mass is 19.4. The second-order valence-corrected chi connectivity index (χ2v) is 3.49. The highest BCUT2D eigenvalue weighted by molar-refractivity contribution is 5.84. The average molecular weight is 247 g/mol. The molecule has 0 spiro atoms. The zero-order valence-corrected chi connectivity index (χ0v) is 8.35. The van der Waals surface area contributed by atoms with Gasteiger partial charge in [0.25, 0.3) is 0 Å². The minimum Gasteiger partial charge on any atom is -0.377 e. The standard InChI is InChI=1S/C8H10F5NO2/c1-5-4-16-3-2-14(5)6(15)7(9,10)8(11,12)13/h5H,2-4H2,1H3. The molecule has 8 heteroatoms. The zero-order chi connectivity index (χ0) is 12.6. The number of hydrogen-bond donors (Lipinski definition) is 0. The summed E-state index contributed by atoms with van der Waals surface area (Å²) in [5.74, 6) is -7.55. The Balaban J connectivity index is 2.84. The Kier molecular flexibility index (Phi) is 3.41. The van der Waals surface area contributed by atoms with Crippen LogP contribution in [-0.4, -0.2) is 48.7 Å². The molecular formula is C8H10F5NO2. The van der Waals surface area contributed by atoms with Crippen LogP contribution >= 0.6 is 0 Å². The smallest absolute Gasteiger partial charge is 0.377 e. The van der Waals surface area contributed by atoms with E-state index < -0.39 is 24.0 Å². The molecule has 1 heterocycles. The van der Waals surface area contributed by atoms with Gasteiger partial charge in [0.1, 0.15) is 0 Å². The molecular weight excluding hydrogens is 237 g/mol. The SMILES string of the molecule is CC1COCCN1C(=O)C(F)(F)C(F)(F)F. The number of amides is 1. The van der Waals surface area contributed by atoms with Crippen molar-refractivity contribution in [3.05, 3.63) is 0 Å². The number of carbonyl (C=O) groups is 1. The molecule has 16 heavy (non-hydrogen) atoms. The van der Waals surface area contributed by atoms with Gasteiger partial charge in [-0.15, -0.1) is 0 Å². The second kappa shape index (κ2) is 4.15. The summed E-state index contributed by atoms with van der Waals surface area (Å²) in [7, 11) is 0. The van der Waals surface area contributed by atoms with Gasteiger partial charge >= 0.3 is 18.0 Å². The number of ether oxygens (including phenoxy) is 1. The van der Waals surface area contributed by atoms with Crippen LogP contribution < -0.4 is 0 Å². The number of morpholine rings is 1. The van der Waals surface area contributed by atoms with E-state index >= 15 is 0 Å². The van der Waals surface area contributed by atoms with E-state index in [0.717, 1.165) is 0 Å². The first-order valence-electron chi connectivity index (χ1n) is 4.51. The Morgan fingerprint density at radius 2 is 1.88 bits per heavy atom. The van der Waals surface area contributed by atoms with Crippen LogP contribution in [-0.2, 0) is 9.53 Å². The lowest BCUT2D eigenvalue weighted by Gasteiger charge is -2.35. The summed E-state index contributed by atoms with van der Waals surface area (Å²) in [4.78, 5) is 11.6. The number of nitrogens with zero attached hydrogens (tertiary/aromatic N) is 1. The summed E-state index contributed by atoms with van der Waals surface area (Å²) in [6.45, 7) is 1.01. The lowest BCUT2D eigenvalue weighted by molar-refractivity contribution is -0.276. The van der Waals surface area contributed by atoms with Crippen LogP contribution in [0.15, 0.2) is 0 Å². The third-order valence-electron chi connectivity index (χ3n) is 2.25. The maximum atomic E-state index is 12.7. The molecule has 0 saturated carbocycles. The maximum Gasteiger partial charge on any atom is 0.463 e. The number of halogens is 5. The molecule has 1 aliphatic rings. The summed E-state index contributed by atoms with van der Waals surface area (Å²) in [5, 5.41) is 0. The minimum absolute atomic E-state index is 0.0377. The van der Waals surface area contributed by atoms with Crippen LogP contribution in [0.2, 0.25) is 0 Å². The normalized spacial score (nSPS) is 23.4. The number of rotatable bonds is 1. The molecule has 0 aromatic rings. The highest BCUT2D eigenvalue weighted by Gasteiger charge is 2.65. The van der Waals surface area contributed by atoms with E-state index in [9.17, 15) is 26.7 Å². The molecule has 0 aromatic carbocycles. The van der Waals surface area contributed by atoms with Crippen molar-refractivity contribution in [2.75, 3.05) is 19.8 Å². The molecule has 1 fully saturated rings. The van der Waals surface area contributed by atoms with Gasteiger partial charge in [-0.3, -0.25) is 4.79 Å². The summed E-state index contributed by atoms with van der Waals surface area (Å²) in [6.07, 6.45) is -5.86.